The zero-order chi connectivity index (χ0) is 15.5. The average molecular weight is 309 g/mol. The fourth-order valence-corrected chi connectivity index (χ4v) is 2.22. The molecule has 0 unspecified atom stereocenters. The average Bonchev–Trinajstić information content (AvgIpc) is 2.86. The second kappa shape index (κ2) is 6.00. The van der Waals surface area contributed by atoms with Gasteiger partial charge >= 0.3 is 0 Å². The Morgan fingerprint density at radius 3 is 2.73 bits per heavy atom. The lowest BCUT2D eigenvalue weighted by Crippen LogP contribution is -1.99. The van der Waals surface area contributed by atoms with Crippen LogP contribution in [0.5, 0.6) is 0 Å². The van der Waals surface area contributed by atoms with Crippen molar-refractivity contribution >= 4 is 11.6 Å². The van der Waals surface area contributed by atoms with Gasteiger partial charge in [-0.25, -0.2) is 15.0 Å². The van der Waals surface area contributed by atoms with Gasteiger partial charge in [-0.05, 0) is 44.0 Å². The first kappa shape index (κ1) is 14.3. The largest absolute Gasteiger partial charge is 0.287 e. The highest BCUT2D eigenvalue weighted by Crippen LogP contribution is 2.11. The number of imidazole rings is 1. The van der Waals surface area contributed by atoms with E-state index in [9.17, 15) is 0 Å². The van der Waals surface area contributed by atoms with Crippen LogP contribution in [0.15, 0.2) is 42.7 Å². The van der Waals surface area contributed by atoms with Crippen LogP contribution in [-0.4, -0.2) is 19.5 Å². The summed E-state index contributed by atoms with van der Waals surface area (Å²) in [6.45, 7) is 3.89. The van der Waals surface area contributed by atoms with Crippen LogP contribution in [0.4, 0.5) is 0 Å². The first-order valence-electron chi connectivity index (χ1n) is 6.75. The summed E-state index contributed by atoms with van der Waals surface area (Å²) in [5.41, 5.74) is 2.46. The van der Waals surface area contributed by atoms with Crippen LogP contribution in [0.1, 0.15) is 22.8 Å². The minimum atomic E-state index is 0.428. The maximum atomic E-state index is 5.84. The normalized spacial score (nSPS) is 10.1. The Hall–Kier alpha value is -2.64. The van der Waals surface area contributed by atoms with E-state index in [0.717, 1.165) is 22.9 Å². The molecule has 0 spiro atoms. The molecular weight excluding hydrogens is 296 g/mol. The lowest BCUT2D eigenvalue weighted by Gasteiger charge is -2.03. The third-order valence-electron chi connectivity index (χ3n) is 3.06. The third-order valence-corrected chi connectivity index (χ3v) is 3.27. The van der Waals surface area contributed by atoms with Crippen molar-refractivity contribution in [2.75, 3.05) is 0 Å². The van der Waals surface area contributed by atoms with E-state index in [1.54, 1.807) is 12.3 Å². The minimum Gasteiger partial charge on any atom is -0.287 e. The summed E-state index contributed by atoms with van der Waals surface area (Å²) in [6, 6.07) is 9.41. The molecule has 0 aromatic carbocycles. The topological polar surface area (TPSA) is 43.6 Å². The first-order valence-corrected chi connectivity index (χ1v) is 7.13. The van der Waals surface area contributed by atoms with Gasteiger partial charge in [0.15, 0.2) is 0 Å². The second-order valence-electron chi connectivity index (χ2n) is 4.80. The molecule has 3 aromatic heterocycles. The van der Waals surface area contributed by atoms with Gasteiger partial charge in [0, 0.05) is 23.7 Å². The van der Waals surface area contributed by atoms with E-state index in [1.807, 2.05) is 48.9 Å². The molecule has 0 fully saturated rings. The molecule has 0 amide bonds. The molecule has 0 aliphatic carbocycles. The van der Waals surface area contributed by atoms with Crippen LogP contribution in [0.25, 0.3) is 5.82 Å². The minimum absolute atomic E-state index is 0.428. The number of aromatic nitrogens is 4. The Labute approximate surface area is 133 Å². The van der Waals surface area contributed by atoms with Crippen molar-refractivity contribution in [3.8, 4) is 17.7 Å². The lowest BCUT2D eigenvalue weighted by molar-refractivity contribution is 0.922. The second-order valence-corrected chi connectivity index (χ2v) is 5.19. The van der Waals surface area contributed by atoms with Gasteiger partial charge in [-0.3, -0.25) is 4.57 Å². The highest BCUT2D eigenvalue weighted by atomic mass is 35.5. The van der Waals surface area contributed by atoms with Crippen molar-refractivity contribution in [2.45, 2.75) is 13.8 Å². The molecule has 3 aromatic rings. The summed E-state index contributed by atoms with van der Waals surface area (Å²) >= 11 is 5.84. The monoisotopic (exact) mass is 308 g/mol. The highest BCUT2D eigenvalue weighted by molar-refractivity contribution is 6.29. The fraction of sp³-hybridized carbons (Fsp3) is 0.118. The molecule has 0 saturated carbocycles. The molecule has 3 heterocycles. The molecule has 0 aliphatic heterocycles. The van der Waals surface area contributed by atoms with E-state index in [4.69, 9.17) is 11.6 Å². The van der Waals surface area contributed by atoms with Gasteiger partial charge in [0.05, 0.1) is 0 Å². The van der Waals surface area contributed by atoms with Gasteiger partial charge < -0.3 is 0 Å². The van der Waals surface area contributed by atoms with Gasteiger partial charge in [0.2, 0.25) is 0 Å². The molecule has 0 bridgehead atoms. The maximum Gasteiger partial charge on any atom is 0.138 e. The van der Waals surface area contributed by atoms with Crippen molar-refractivity contribution in [1.29, 1.82) is 0 Å². The van der Waals surface area contributed by atoms with Gasteiger partial charge in [0.1, 0.15) is 22.5 Å². The SMILES string of the molecule is Cc1cccc(-n2cc(C#Cc3ccnc(Cl)c3)nc2C)n1. The number of hydrogen-bond acceptors (Lipinski definition) is 3. The van der Waals surface area contributed by atoms with Crippen LogP contribution < -0.4 is 0 Å². The van der Waals surface area contributed by atoms with Crippen molar-refractivity contribution in [1.82, 2.24) is 19.5 Å². The number of halogens is 1. The van der Waals surface area contributed by atoms with Gasteiger partial charge in [-0.1, -0.05) is 23.6 Å². The molecule has 3 rings (SSSR count). The number of aryl methyl sites for hydroxylation is 2. The van der Waals surface area contributed by atoms with Crippen LogP contribution in [0, 0.1) is 25.7 Å². The summed E-state index contributed by atoms with van der Waals surface area (Å²) in [5, 5.41) is 0.428. The molecule has 0 N–H and O–H groups in total. The Bertz CT molecular complexity index is 887. The maximum absolute atomic E-state index is 5.84. The number of rotatable bonds is 1. The number of nitrogens with zero attached hydrogens (tertiary/aromatic N) is 4. The fourth-order valence-electron chi connectivity index (χ4n) is 2.04. The Balaban J connectivity index is 1.93. The van der Waals surface area contributed by atoms with Crippen LogP contribution in [0.2, 0.25) is 5.15 Å². The Morgan fingerprint density at radius 1 is 1.09 bits per heavy atom. The summed E-state index contributed by atoms with van der Waals surface area (Å²) in [5.74, 6) is 7.75. The standard InChI is InChI=1S/C17H13ClN4/c1-12-4-3-5-17(20-12)22-11-15(21-13(22)2)7-6-14-8-9-19-16(18)10-14/h3-5,8-11H,1-2H3. The Kier molecular flexibility index (Phi) is 3.90. The van der Waals surface area contributed by atoms with Gasteiger partial charge in [0.25, 0.3) is 0 Å². The Morgan fingerprint density at radius 2 is 1.95 bits per heavy atom. The lowest BCUT2D eigenvalue weighted by atomic mass is 10.2. The third kappa shape index (κ3) is 3.16. The van der Waals surface area contributed by atoms with Crippen LogP contribution >= 0.6 is 11.6 Å². The number of hydrogen-bond donors (Lipinski definition) is 0. The molecular formula is C17H13ClN4. The van der Waals surface area contributed by atoms with Crippen molar-refractivity contribution in [3.63, 3.8) is 0 Å². The van der Waals surface area contributed by atoms with Crippen molar-refractivity contribution in [3.05, 3.63) is 70.7 Å². The molecule has 0 radical (unpaired) electrons. The molecule has 4 nitrogen and oxygen atoms in total. The molecule has 0 saturated heterocycles. The molecule has 5 heteroatoms. The van der Waals surface area contributed by atoms with Crippen LogP contribution in [0.3, 0.4) is 0 Å². The highest BCUT2D eigenvalue weighted by Gasteiger charge is 2.05. The van der Waals surface area contributed by atoms with Gasteiger partial charge in [-0.15, -0.1) is 0 Å². The predicted molar refractivity (Wildman–Crippen MR) is 86.1 cm³/mol. The smallest absolute Gasteiger partial charge is 0.138 e. The summed E-state index contributed by atoms with van der Waals surface area (Å²) in [4.78, 5) is 12.9. The van der Waals surface area contributed by atoms with Crippen LogP contribution in [-0.2, 0) is 0 Å². The summed E-state index contributed by atoms with van der Waals surface area (Å²) in [6.07, 6.45) is 3.51. The summed E-state index contributed by atoms with van der Waals surface area (Å²) < 4.78 is 1.93. The molecule has 22 heavy (non-hydrogen) atoms. The molecule has 0 atom stereocenters. The zero-order valence-corrected chi connectivity index (χ0v) is 13.0. The van der Waals surface area contributed by atoms with Crippen molar-refractivity contribution in [2.24, 2.45) is 0 Å². The van der Waals surface area contributed by atoms with E-state index >= 15 is 0 Å². The van der Waals surface area contributed by atoms with E-state index in [2.05, 4.69) is 26.8 Å². The summed E-state index contributed by atoms with van der Waals surface area (Å²) in [7, 11) is 0. The number of pyridine rings is 2. The van der Waals surface area contributed by atoms with Crippen molar-refractivity contribution < 1.29 is 0 Å². The van der Waals surface area contributed by atoms with Gasteiger partial charge in [-0.2, -0.15) is 0 Å². The predicted octanol–water partition coefficient (Wildman–Crippen LogP) is 3.33. The molecule has 108 valence electrons. The zero-order valence-electron chi connectivity index (χ0n) is 12.2. The molecule has 0 aliphatic rings. The van der Waals surface area contributed by atoms with E-state index < -0.39 is 0 Å². The van der Waals surface area contributed by atoms with E-state index in [-0.39, 0.29) is 0 Å². The van der Waals surface area contributed by atoms with E-state index in [1.165, 1.54) is 0 Å². The van der Waals surface area contributed by atoms with E-state index in [0.29, 0.717) is 10.8 Å². The first-order chi connectivity index (χ1) is 10.6. The quantitative estimate of drug-likeness (QED) is 0.511.